The van der Waals surface area contributed by atoms with E-state index in [-0.39, 0.29) is 0 Å². The van der Waals surface area contributed by atoms with Crippen molar-refractivity contribution in [3.8, 4) is 16.9 Å². The summed E-state index contributed by atoms with van der Waals surface area (Å²) in [4.78, 5) is 15.3. The van der Waals surface area contributed by atoms with E-state index in [1.807, 2.05) is 19.2 Å². The summed E-state index contributed by atoms with van der Waals surface area (Å²) < 4.78 is 6.12. The minimum Gasteiger partial charge on any atom is -0.491 e. The van der Waals surface area contributed by atoms with Crippen LogP contribution in [-0.2, 0) is 13.0 Å². The van der Waals surface area contributed by atoms with Gasteiger partial charge in [-0.15, -0.1) is 0 Å². The van der Waals surface area contributed by atoms with Crippen LogP contribution in [0.3, 0.4) is 0 Å². The molecule has 0 spiro atoms. The molecular weight excluding hydrogens is 362 g/mol. The van der Waals surface area contributed by atoms with Crippen LogP contribution < -0.4 is 15.4 Å². The lowest BCUT2D eigenvalue weighted by Gasteiger charge is -2.21. The highest BCUT2D eigenvalue weighted by molar-refractivity contribution is 5.80. The number of fused-ring (bicyclic) bond motifs is 2. The standard InChI is InChI=1S/C23H23N5O/c1-14-9-18(17-4-3-16-5-6-25-20(16)12-17)11-19-13-28(7-8-29-22(14)19)21-10-15(2)26-23(24)27-21/h3-4,6,9-12H,5,7-8,13H2,1-2H3,(H2,24,26,27). The zero-order valence-corrected chi connectivity index (χ0v) is 16.6. The fourth-order valence-electron chi connectivity index (χ4n) is 4.09. The van der Waals surface area contributed by atoms with Gasteiger partial charge in [0.15, 0.2) is 0 Å². The molecule has 2 aliphatic heterocycles. The van der Waals surface area contributed by atoms with Crippen molar-refractivity contribution in [2.75, 3.05) is 23.8 Å². The average Bonchev–Trinajstić information content (AvgIpc) is 3.04. The molecule has 0 saturated heterocycles. The molecule has 0 atom stereocenters. The number of aromatic nitrogens is 2. The third-order valence-electron chi connectivity index (χ3n) is 5.46. The smallest absolute Gasteiger partial charge is 0.222 e. The summed E-state index contributed by atoms with van der Waals surface area (Å²) in [5, 5.41) is 0. The van der Waals surface area contributed by atoms with Crippen molar-refractivity contribution in [3.63, 3.8) is 0 Å². The minimum absolute atomic E-state index is 0.300. The van der Waals surface area contributed by atoms with Gasteiger partial charge in [0.2, 0.25) is 5.95 Å². The maximum absolute atomic E-state index is 6.12. The van der Waals surface area contributed by atoms with Crippen molar-refractivity contribution in [2.24, 2.45) is 4.99 Å². The summed E-state index contributed by atoms with van der Waals surface area (Å²) in [5.74, 6) is 2.10. The molecule has 6 nitrogen and oxygen atoms in total. The van der Waals surface area contributed by atoms with Crippen molar-refractivity contribution < 1.29 is 4.74 Å². The Morgan fingerprint density at radius 2 is 1.90 bits per heavy atom. The Morgan fingerprint density at radius 1 is 1.00 bits per heavy atom. The van der Waals surface area contributed by atoms with Gasteiger partial charge >= 0.3 is 0 Å². The van der Waals surface area contributed by atoms with Crippen molar-refractivity contribution in [1.29, 1.82) is 0 Å². The number of anilines is 2. The predicted octanol–water partition coefficient (Wildman–Crippen LogP) is 4.00. The van der Waals surface area contributed by atoms with Gasteiger partial charge in [0, 0.05) is 36.5 Å². The molecule has 0 bridgehead atoms. The van der Waals surface area contributed by atoms with Gasteiger partial charge in [-0.25, -0.2) is 4.98 Å². The van der Waals surface area contributed by atoms with E-state index < -0.39 is 0 Å². The lowest BCUT2D eigenvalue weighted by molar-refractivity contribution is 0.329. The van der Waals surface area contributed by atoms with Crippen LogP contribution in [0, 0.1) is 13.8 Å². The average molecular weight is 385 g/mol. The fourth-order valence-corrected chi connectivity index (χ4v) is 4.09. The Bertz CT molecular complexity index is 1120. The predicted molar refractivity (Wildman–Crippen MR) is 116 cm³/mol. The third-order valence-corrected chi connectivity index (χ3v) is 5.46. The van der Waals surface area contributed by atoms with Crippen LogP contribution in [0.25, 0.3) is 11.1 Å². The van der Waals surface area contributed by atoms with Crippen LogP contribution in [0.4, 0.5) is 17.5 Å². The Kier molecular flexibility index (Phi) is 4.19. The Labute approximate surface area is 170 Å². The van der Waals surface area contributed by atoms with Crippen LogP contribution >= 0.6 is 0 Å². The topological polar surface area (TPSA) is 76.6 Å². The van der Waals surface area contributed by atoms with Gasteiger partial charge in [0.1, 0.15) is 18.2 Å². The quantitative estimate of drug-likeness (QED) is 0.721. The summed E-state index contributed by atoms with van der Waals surface area (Å²) in [5.41, 5.74) is 13.7. The van der Waals surface area contributed by atoms with E-state index in [1.54, 1.807) is 0 Å². The lowest BCUT2D eigenvalue weighted by atomic mass is 9.97. The van der Waals surface area contributed by atoms with Gasteiger partial charge in [0.25, 0.3) is 0 Å². The first-order valence-corrected chi connectivity index (χ1v) is 9.85. The van der Waals surface area contributed by atoms with E-state index in [1.165, 1.54) is 16.7 Å². The molecule has 0 fully saturated rings. The van der Waals surface area contributed by atoms with E-state index in [0.29, 0.717) is 19.1 Å². The first-order chi connectivity index (χ1) is 14.1. The van der Waals surface area contributed by atoms with E-state index in [2.05, 4.69) is 57.1 Å². The van der Waals surface area contributed by atoms with Crippen molar-refractivity contribution in [3.05, 3.63) is 58.8 Å². The number of hydrogen-bond donors (Lipinski definition) is 1. The van der Waals surface area contributed by atoms with E-state index in [0.717, 1.165) is 47.0 Å². The summed E-state index contributed by atoms with van der Waals surface area (Å²) >= 11 is 0. The number of benzene rings is 2. The van der Waals surface area contributed by atoms with Crippen LogP contribution in [0.15, 0.2) is 41.4 Å². The van der Waals surface area contributed by atoms with Crippen LogP contribution in [0.1, 0.15) is 22.4 Å². The molecule has 2 N–H and O–H groups in total. The van der Waals surface area contributed by atoms with Crippen LogP contribution in [0.5, 0.6) is 5.75 Å². The second-order valence-electron chi connectivity index (χ2n) is 7.64. The minimum atomic E-state index is 0.300. The molecule has 3 heterocycles. The number of aryl methyl sites for hydroxylation is 2. The number of rotatable bonds is 2. The maximum atomic E-state index is 6.12. The number of nitrogen functional groups attached to an aromatic ring is 1. The molecular formula is C23H23N5O. The SMILES string of the molecule is Cc1cc(N2CCOc3c(C)cc(-c4ccc5c(c4)N=CC5)cc3C2)nc(N)n1. The van der Waals surface area contributed by atoms with Crippen molar-refractivity contribution >= 4 is 23.7 Å². The molecule has 0 aliphatic carbocycles. The molecule has 2 aromatic carbocycles. The molecule has 0 unspecified atom stereocenters. The molecule has 3 aromatic rings. The summed E-state index contributed by atoms with van der Waals surface area (Å²) in [6, 6.07) is 12.9. The van der Waals surface area contributed by atoms with E-state index in [4.69, 9.17) is 10.5 Å². The van der Waals surface area contributed by atoms with Gasteiger partial charge in [-0.1, -0.05) is 12.1 Å². The number of hydrogen-bond acceptors (Lipinski definition) is 6. The highest BCUT2D eigenvalue weighted by Crippen LogP contribution is 2.36. The third kappa shape index (κ3) is 3.31. The zero-order chi connectivity index (χ0) is 20.0. The van der Waals surface area contributed by atoms with Crippen LogP contribution in [-0.4, -0.2) is 29.3 Å². The first-order valence-electron chi connectivity index (χ1n) is 9.85. The van der Waals surface area contributed by atoms with Gasteiger partial charge in [-0.2, -0.15) is 4.98 Å². The molecule has 146 valence electrons. The van der Waals surface area contributed by atoms with Gasteiger partial charge < -0.3 is 15.4 Å². The molecule has 2 aliphatic rings. The van der Waals surface area contributed by atoms with E-state index in [9.17, 15) is 0 Å². The van der Waals surface area contributed by atoms with E-state index >= 15 is 0 Å². The highest BCUT2D eigenvalue weighted by atomic mass is 16.5. The summed E-state index contributed by atoms with van der Waals surface area (Å²) in [6.07, 6.45) is 2.89. The number of nitrogens with two attached hydrogens (primary N) is 1. The van der Waals surface area contributed by atoms with Gasteiger partial charge in [-0.3, -0.25) is 4.99 Å². The Morgan fingerprint density at radius 3 is 2.76 bits per heavy atom. The second kappa shape index (κ2) is 6.88. The maximum Gasteiger partial charge on any atom is 0.222 e. The normalized spacial score (nSPS) is 14.9. The van der Waals surface area contributed by atoms with Crippen LogP contribution in [0.2, 0.25) is 0 Å². The van der Waals surface area contributed by atoms with Gasteiger partial charge in [0.05, 0.1) is 12.2 Å². The fraction of sp³-hybridized carbons (Fsp3) is 0.261. The molecule has 0 amide bonds. The number of aliphatic imine (C=N–C) groups is 1. The van der Waals surface area contributed by atoms with Crippen molar-refractivity contribution in [2.45, 2.75) is 26.8 Å². The molecule has 0 saturated carbocycles. The summed E-state index contributed by atoms with van der Waals surface area (Å²) in [7, 11) is 0. The largest absolute Gasteiger partial charge is 0.491 e. The first kappa shape index (κ1) is 17.7. The lowest BCUT2D eigenvalue weighted by Crippen LogP contribution is -2.26. The Balaban J connectivity index is 1.54. The molecule has 0 radical (unpaired) electrons. The number of nitrogens with zero attached hydrogens (tertiary/aromatic N) is 4. The Hall–Kier alpha value is -3.41. The monoisotopic (exact) mass is 385 g/mol. The highest BCUT2D eigenvalue weighted by Gasteiger charge is 2.20. The molecule has 1 aromatic heterocycles. The molecule has 5 rings (SSSR count). The zero-order valence-electron chi connectivity index (χ0n) is 16.6. The second-order valence-corrected chi connectivity index (χ2v) is 7.64. The summed E-state index contributed by atoms with van der Waals surface area (Å²) in [6.45, 7) is 6.10. The van der Waals surface area contributed by atoms with Crippen molar-refractivity contribution in [1.82, 2.24) is 9.97 Å². The molecule has 6 heteroatoms. The molecule has 29 heavy (non-hydrogen) atoms. The number of ether oxygens (including phenoxy) is 1. The van der Waals surface area contributed by atoms with Gasteiger partial charge in [-0.05, 0) is 54.3 Å².